The minimum Gasteiger partial charge on any atom is -0.461 e. The molecule has 166 valence electrons. The van der Waals surface area contributed by atoms with Gasteiger partial charge < -0.3 is 15.1 Å². The fourth-order valence-electron chi connectivity index (χ4n) is 3.70. The molecule has 3 N–H and O–H groups in total. The van der Waals surface area contributed by atoms with Crippen LogP contribution in [0.15, 0.2) is 57.7 Å². The number of H-pyrrole nitrogens is 1. The Hall–Kier alpha value is -3.61. The van der Waals surface area contributed by atoms with E-state index in [9.17, 15) is 9.59 Å². The first-order valence-electron chi connectivity index (χ1n) is 10.8. The van der Waals surface area contributed by atoms with Crippen LogP contribution in [0, 0.1) is 12.3 Å². The van der Waals surface area contributed by atoms with Crippen molar-refractivity contribution in [3.63, 3.8) is 0 Å². The average Bonchev–Trinajstić information content (AvgIpc) is 3.15. The van der Waals surface area contributed by atoms with Gasteiger partial charge in [0, 0.05) is 30.3 Å². The summed E-state index contributed by atoms with van der Waals surface area (Å²) < 4.78 is 5.60. The second kappa shape index (κ2) is 8.86. The van der Waals surface area contributed by atoms with Gasteiger partial charge in [0.05, 0.1) is 5.39 Å². The van der Waals surface area contributed by atoms with Crippen molar-refractivity contribution in [2.45, 2.75) is 33.6 Å². The Kier molecular flexibility index (Phi) is 5.99. The number of benzene rings is 2. The SMILES string of the molecule is Cc1cc2cc(CCC(=O)NCC(C)(C)CNc3n[nH]c(=O)c4ccccc34)ccc2o1. The van der Waals surface area contributed by atoms with Gasteiger partial charge in [-0.25, -0.2) is 5.10 Å². The molecule has 0 spiro atoms. The molecular formula is C25H28N4O3. The Morgan fingerprint density at radius 1 is 1.09 bits per heavy atom. The predicted octanol–water partition coefficient (Wildman–Crippen LogP) is 4.16. The van der Waals surface area contributed by atoms with Gasteiger partial charge in [-0.3, -0.25) is 9.59 Å². The van der Waals surface area contributed by atoms with E-state index in [0.717, 1.165) is 27.7 Å². The van der Waals surface area contributed by atoms with Crippen molar-refractivity contribution in [1.82, 2.24) is 15.5 Å². The van der Waals surface area contributed by atoms with Crippen molar-refractivity contribution in [3.8, 4) is 0 Å². The standard InChI is InChI=1S/C25H28N4O3/c1-16-12-18-13-17(8-10-21(18)32-16)9-11-22(30)26-14-25(2,3)15-27-23-19-6-4-5-7-20(19)24(31)29-28-23/h4-8,10,12-13H,9,11,14-15H2,1-3H3,(H,26,30)(H,27,28)(H,29,31). The Bertz CT molecular complexity index is 1320. The van der Waals surface area contributed by atoms with Crippen molar-refractivity contribution < 1.29 is 9.21 Å². The number of carbonyl (C=O) groups excluding carboxylic acids is 1. The lowest BCUT2D eigenvalue weighted by Crippen LogP contribution is -2.38. The number of aromatic nitrogens is 2. The molecule has 1 amide bonds. The van der Waals surface area contributed by atoms with Crippen LogP contribution in [-0.2, 0) is 11.2 Å². The summed E-state index contributed by atoms with van der Waals surface area (Å²) in [6.45, 7) is 7.19. The summed E-state index contributed by atoms with van der Waals surface area (Å²) in [6.07, 6.45) is 1.11. The molecule has 0 aliphatic carbocycles. The Balaban J connectivity index is 1.29. The molecule has 7 nitrogen and oxygen atoms in total. The van der Waals surface area contributed by atoms with Crippen LogP contribution < -0.4 is 16.2 Å². The van der Waals surface area contributed by atoms with E-state index in [0.29, 0.717) is 37.1 Å². The molecule has 0 saturated heterocycles. The van der Waals surface area contributed by atoms with Crippen molar-refractivity contribution in [1.29, 1.82) is 0 Å². The minimum atomic E-state index is -0.209. The number of amides is 1. The summed E-state index contributed by atoms with van der Waals surface area (Å²) in [7, 11) is 0. The van der Waals surface area contributed by atoms with Gasteiger partial charge in [-0.15, -0.1) is 0 Å². The molecule has 0 bridgehead atoms. The van der Waals surface area contributed by atoms with E-state index in [1.807, 2.05) is 43.3 Å². The summed E-state index contributed by atoms with van der Waals surface area (Å²) in [5.74, 6) is 1.54. The molecule has 32 heavy (non-hydrogen) atoms. The lowest BCUT2D eigenvalue weighted by Gasteiger charge is -2.26. The minimum absolute atomic E-state index is 0.0224. The van der Waals surface area contributed by atoms with E-state index < -0.39 is 0 Å². The summed E-state index contributed by atoms with van der Waals surface area (Å²) in [5.41, 5.74) is 1.57. The highest BCUT2D eigenvalue weighted by atomic mass is 16.3. The smallest absolute Gasteiger partial charge is 0.272 e. The Labute approximate surface area is 186 Å². The highest BCUT2D eigenvalue weighted by Crippen LogP contribution is 2.22. The fraction of sp³-hybridized carbons (Fsp3) is 0.320. The molecule has 4 rings (SSSR count). The largest absolute Gasteiger partial charge is 0.461 e. The van der Waals surface area contributed by atoms with E-state index in [2.05, 4.69) is 40.7 Å². The van der Waals surface area contributed by atoms with Gasteiger partial charge in [-0.2, -0.15) is 5.10 Å². The molecule has 0 fully saturated rings. The molecular weight excluding hydrogens is 404 g/mol. The molecule has 0 saturated carbocycles. The molecule has 2 heterocycles. The third-order valence-corrected chi connectivity index (χ3v) is 5.54. The van der Waals surface area contributed by atoms with Crippen LogP contribution >= 0.6 is 0 Å². The van der Waals surface area contributed by atoms with Crippen LogP contribution in [0.25, 0.3) is 21.7 Å². The summed E-state index contributed by atoms with van der Waals surface area (Å²) in [6, 6.07) is 15.4. The molecule has 7 heteroatoms. The van der Waals surface area contributed by atoms with Crippen molar-refractivity contribution >= 4 is 33.5 Å². The average molecular weight is 433 g/mol. The van der Waals surface area contributed by atoms with Crippen LogP contribution in [0.2, 0.25) is 0 Å². The zero-order chi connectivity index (χ0) is 22.7. The van der Waals surface area contributed by atoms with E-state index >= 15 is 0 Å². The van der Waals surface area contributed by atoms with Crippen molar-refractivity contribution in [3.05, 3.63) is 70.2 Å². The number of anilines is 1. The second-order valence-electron chi connectivity index (χ2n) is 8.97. The first kappa shape index (κ1) is 21.6. The number of furan rings is 1. The highest BCUT2D eigenvalue weighted by Gasteiger charge is 2.20. The number of nitrogens with zero attached hydrogens (tertiary/aromatic N) is 1. The highest BCUT2D eigenvalue weighted by molar-refractivity contribution is 5.90. The van der Waals surface area contributed by atoms with Crippen molar-refractivity contribution in [2.24, 2.45) is 5.41 Å². The third kappa shape index (κ3) is 4.99. The quantitative estimate of drug-likeness (QED) is 0.388. The van der Waals surface area contributed by atoms with Crippen LogP contribution in [0.5, 0.6) is 0 Å². The number of nitrogens with one attached hydrogen (secondary N) is 3. The van der Waals surface area contributed by atoms with E-state index in [1.54, 1.807) is 6.07 Å². The van der Waals surface area contributed by atoms with Gasteiger partial charge in [0.2, 0.25) is 5.91 Å². The van der Waals surface area contributed by atoms with Gasteiger partial charge in [0.1, 0.15) is 11.3 Å². The summed E-state index contributed by atoms with van der Waals surface area (Å²) >= 11 is 0. The summed E-state index contributed by atoms with van der Waals surface area (Å²) in [4.78, 5) is 24.4. The first-order valence-corrected chi connectivity index (χ1v) is 10.8. The van der Waals surface area contributed by atoms with Gasteiger partial charge in [-0.1, -0.05) is 38.1 Å². The second-order valence-corrected chi connectivity index (χ2v) is 8.97. The van der Waals surface area contributed by atoms with E-state index in [-0.39, 0.29) is 16.9 Å². The molecule has 4 aromatic rings. The Morgan fingerprint density at radius 2 is 1.88 bits per heavy atom. The normalized spacial score (nSPS) is 11.7. The van der Waals surface area contributed by atoms with Gasteiger partial charge in [0.15, 0.2) is 5.82 Å². The van der Waals surface area contributed by atoms with Crippen LogP contribution in [0.3, 0.4) is 0 Å². The molecule has 0 atom stereocenters. The maximum Gasteiger partial charge on any atom is 0.272 e. The number of carbonyl (C=O) groups is 1. The van der Waals surface area contributed by atoms with Crippen LogP contribution in [-0.4, -0.2) is 29.2 Å². The molecule has 0 aliphatic rings. The monoisotopic (exact) mass is 432 g/mol. The number of hydrogen-bond acceptors (Lipinski definition) is 5. The number of rotatable bonds is 8. The first-order chi connectivity index (χ1) is 15.3. The predicted molar refractivity (Wildman–Crippen MR) is 127 cm³/mol. The maximum absolute atomic E-state index is 12.4. The fourth-order valence-corrected chi connectivity index (χ4v) is 3.70. The maximum atomic E-state index is 12.4. The van der Waals surface area contributed by atoms with Gasteiger partial charge in [-0.05, 0) is 48.6 Å². The lowest BCUT2D eigenvalue weighted by molar-refractivity contribution is -0.121. The van der Waals surface area contributed by atoms with Crippen molar-refractivity contribution in [2.75, 3.05) is 18.4 Å². The molecule has 0 unspecified atom stereocenters. The van der Waals surface area contributed by atoms with Gasteiger partial charge >= 0.3 is 0 Å². The Morgan fingerprint density at radius 3 is 2.69 bits per heavy atom. The molecule has 0 aliphatic heterocycles. The van der Waals surface area contributed by atoms with Crippen LogP contribution in [0.4, 0.5) is 5.82 Å². The number of hydrogen-bond donors (Lipinski definition) is 3. The number of fused-ring (bicyclic) bond motifs is 2. The zero-order valence-electron chi connectivity index (χ0n) is 18.6. The number of aromatic amines is 1. The van der Waals surface area contributed by atoms with E-state index in [1.165, 1.54) is 0 Å². The topological polar surface area (TPSA) is 100 Å². The zero-order valence-corrected chi connectivity index (χ0v) is 18.6. The third-order valence-electron chi connectivity index (χ3n) is 5.54. The lowest BCUT2D eigenvalue weighted by atomic mass is 9.93. The molecule has 2 aromatic carbocycles. The van der Waals surface area contributed by atoms with Gasteiger partial charge in [0.25, 0.3) is 5.56 Å². The molecule has 0 radical (unpaired) electrons. The van der Waals surface area contributed by atoms with E-state index in [4.69, 9.17) is 4.42 Å². The number of aryl methyl sites for hydroxylation is 2. The summed E-state index contributed by atoms with van der Waals surface area (Å²) in [5, 5.41) is 15.5. The molecule has 2 aromatic heterocycles. The van der Waals surface area contributed by atoms with Crippen LogP contribution in [0.1, 0.15) is 31.6 Å².